The van der Waals surface area contributed by atoms with Crippen LogP contribution < -0.4 is 10.2 Å². The minimum atomic E-state index is -0.339. The molecule has 1 aliphatic heterocycles. The first-order chi connectivity index (χ1) is 10.7. The molecule has 1 amide bonds. The molecule has 114 valence electrons. The molecule has 1 aliphatic rings. The van der Waals surface area contributed by atoms with E-state index >= 15 is 0 Å². The van der Waals surface area contributed by atoms with Gasteiger partial charge < -0.3 is 15.0 Å². The lowest BCUT2D eigenvalue weighted by Gasteiger charge is -2.28. The maximum Gasteiger partial charge on any atom is 0.257 e. The van der Waals surface area contributed by atoms with E-state index in [4.69, 9.17) is 4.74 Å². The number of nitrogens with one attached hydrogen (secondary N) is 1. The summed E-state index contributed by atoms with van der Waals surface area (Å²) < 4.78 is 18.2. The van der Waals surface area contributed by atoms with Crippen molar-refractivity contribution in [3.05, 3.63) is 54.1 Å². The molecule has 0 radical (unpaired) electrons. The Morgan fingerprint density at radius 1 is 1.18 bits per heavy atom. The van der Waals surface area contributed by atoms with Crippen LogP contribution >= 0.6 is 0 Å². The van der Waals surface area contributed by atoms with Crippen LogP contribution in [-0.4, -0.2) is 37.2 Å². The number of carbonyl (C=O) groups is 1. The van der Waals surface area contributed by atoms with Crippen molar-refractivity contribution >= 4 is 17.3 Å². The minimum absolute atomic E-state index is 0.269. The number of hydrogen-bond donors (Lipinski definition) is 1. The van der Waals surface area contributed by atoms with Gasteiger partial charge in [0.2, 0.25) is 0 Å². The van der Waals surface area contributed by atoms with Crippen molar-refractivity contribution < 1.29 is 13.9 Å². The van der Waals surface area contributed by atoms with E-state index in [1.807, 2.05) is 0 Å². The first-order valence-corrected chi connectivity index (χ1v) is 7.07. The van der Waals surface area contributed by atoms with Crippen molar-refractivity contribution in [3.8, 4) is 0 Å². The lowest BCUT2D eigenvalue weighted by atomic mass is 10.2. The minimum Gasteiger partial charge on any atom is -0.378 e. The van der Waals surface area contributed by atoms with Gasteiger partial charge in [-0.15, -0.1) is 0 Å². The van der Waals surface area contributed by atoms with E-state index in [9.17, 15) is 9.18 Å². The fourth-order valence-corrected chi connectivity index (χ4v) is 2.28. The number of rotatable bonds is 3. The second-order valence-corrected chi connectivity index (χ2v) is 4.99. The molecule has 2 heterocycles. The zero-order chi connectivity index (χ0) is 15.4. The van der Waals surface area contributed by atoms with E-state index in [0.717, 1.165) is 18.8 Å². The zero-order valence-electron chi connectivity index (χ0n) is 12.0. The number of halogens is 1. The predicted octanol–water partition coefficient (Wildman–Crippen LogP) is 2.31. The van der Waals surface area contributed by atoms with E-state index in [1.165, 1.54) is 30.5 Å². The Morgan fingerprint density at radius 2 is 1.91 bits per heavy atom. The fourth-order valence-electron chi connectivity index (χ4n) is 2.28. The highest BCUT2D eigenvalue weighted by Crippen LogP contribution is 2.17. The first-order valence-electron chi connectivity index (χ1n) is 7.07. The van der Waals surface area contributed by atoms with Crippen LogP contribution in [0, 0.1) is 5.82 Å². The van der Waals surface area contributed by atoms with E-state index < -0.39 is 0 Å². The average molecular weight is 301 g/mol. The fraction of sp³-hybridized carbons (Fsp3) is 0.250. The van der Waals surface area contributed by atoms with Gasteiger partial charge in [-0.3, -0.25) is 9.78 Å². The first kappa shape index (κ1) is 14.5. The van der Waals surface area contributed by atoms with Gasteiger partial charge in [-0.2, -0.15) is 0 Å². The Morgan fingerprint density at radius 3 is 2.64 bits per heavy atom. The summed E-state index contributed by atoms with van der Waals surface area (Å²) in [6.45, 7) is 2.91. The van der Waals surface area contributed by atoms with Gasteiger partial charge in [0.1, 0.15) is 5.82 Å². The quantitative estimate of drug-likeness (QED) is 0.945. The number of ether oxygens (including phenoxy) is 1. The standard InChI is InChI=1S/C16H16FN3O2/c17-13-1-3-14(4-2-13)19-16(21)12-9-15(11-18-10-12)20-5-7-22-8-6-20/h1-4,9-11H,5-8H2,(H,19,21). The summed E-state index contributed by atoms with van der Waals surface area (Å²) in [5.41, 5.74) is 1.91. The van der Waals surface area contributed by atoms with Gasteiger partial charge in [0.05, 0.1) is 30.7 Å². The van der Waals surface area contributed by atoms with Crippen LogP contribution in [0.25, 0.3) is 0 Å². The molecule has 22 heavy (non-hydrogen) atoms. The lowest BCUT2D eigenvalue weighted by molar-refractivity contribution is 0.102. The molecular weight excluding hydrogens is 285 g/mol. The van der Waals surface area contributed by atoms with Crippen molar-refractivity contribution in [2.45, 2.75) is 0 Å². The second kappa shape index (κ2) is 6.53. The molecule has 2 aromatic rings. The van der Waals surface area contributed by atoms with Crippen molar-refractivity contribution in [2.24, 2.45) is 0 Å². The molecular formula is C16H16FN3O2. The molecule has 6 heteroatoms. The Kier molecular flexibility index (Phi) is 4.29. The van der Waals surface area contributed by atoms with Crippen LogP contribution in [0.5, 0.6) is 0 Å². The van der Waals surface area contributed by atoms with Crippen molar-refractivity contribution in [2.75, 3.05) is 36.5 Å². The maximum atomic E-state index is 12.9. The third kappa shape index (κ3) is 3.40. The molecule has 1 aromatic heterocycles. The van der Waals surface area contributed by atoms with Gasteiger partial charge in [0.15, 0.2) is 0 Å². The number of amides is 1. The summed E-state index contributed by atoms with van der Waals surface area (Å²) in [6.07, 6.45) is 3.25. The largest absolute Gasteiger partial charge is 0.378 e. The Labute approximate surface area is 127 Å². The predicted molar refractivity (Wildman–Crippen MR) is 81.6 cm³/mol. The molecule has 0 saturated carbocycles. The number of hydrogen-bond acceptors (Lipinski definition) is 4. The normalized spacial score (nSPS) is 14.7. The highest BCUT2D eigenvalue weighted by molar-refractivity contribution is 6.04. The van der Waals surface area contributed by atoms with Crippen LogP contribution in [-0.2, 0) is 4.74 Å². The summed E-state index contributed by atoms with van der Waals surface area (Å²) >= 11 is 0. The summed E-state index contributed by atoms with van der Waals surface area (Å²) in [7, 11) is 0. The number of morpholine rings is 1. The third-order valence-electron chi connectivity index (χ3n) is 3.46. The van der Waals surface area contributed by atoms with Gasteiger partial charge in [-0.05, 0) is 30.3 Å². The van der Waals surface area contributed by atoms with Crippen LogP contribution in [0.2, 0.25) is 0 Å². The molecule has 1 saturated heterocycles. The van der Waals surface area contributed by atoms with E-state index in [0.29, 0.717) is 24.5 Å². The Bertz CT molecular complexity index is 655. The third-order valence-corrected chi connectivity index (χ3v) is 3.46. The van der Waals surface area contributed by atoms with Crippen LogP contribution in [0.1, 0.15) is 10.4 Å². The van der Waals surface area contributed by atoms with Crippen molar-refractivity contribution in [1.82, 2.24) is 4.98 Å². The van der Waals surface area contributed by atoms with Crippen LogP contribution in [0.15, 0.2) is 42.7 Å². The number of pyridine rings is 1. The summed E-state index contributed by atoms with van der Waals surface area (Å²) in [6, 6.07) is 7.45. The lowest BCUT2D eigenvalue weighted by Crippen LogP contribution is -2.36. The number of aromatic nitrogens is 1. The SMILES string of the molecule is O=C(Nc1ccc(F)cc1)c1cncc(N2CCOCC2)c1. The molecule has 5 nitrogen and oxygen atoms in total. The molecule has 0 spiro atoms. The van der Waals surface area contributed by atoms with Gasteiger partial charge in [-0.1, -0.05) is 0 Å². The maximum absolute atomic E-state index is 12.9. The van der Waals surface area contributed by atoms with E-state index in [1.54, 1.807) is 12.3 Å². The molecule has 3 rings (SSSR count). The summed E-state index contributed by atoms with van der Waals surface area (Å²) in [5.74, 6) is -0.608. The highest BCUT2D eigenvalue weighted by Gasteiger charge is 2.14. The molecule has 0 atom stereocenters. The monoisotopic (exact) mass is 301 g/mol. The Hall–Kier alpha value is -2.47. The molecule has 1 fully saturated rings. The summed E-state index contributed by atoms with van der Waals surface area (Å²) in [5, 5.41) is 2.73. The van der Waals surface area contributed by atoms with Gasteiger partial charge in [0, 0.05) is 25.0 Å². The second-order valence-electron chi connectivity index (χ2n) is 4.99. The summed E-state index contributed by atoms with van der Waals surface area (Å²) in [4.78, 5) is 18.5. The van der Waals surface area contributed by atoms with Crippen molar-refractivity contribution in [3.63, 3.8) is 0 Å². The topological polar surface area (TPSA) is 54.5 Å². The highest BCUT2D eigenvalue weighted by atomic mass is 19.1. The Balaban J connectivity index is 1.73. The molecule has 0 bridgehead atoms. The van der Waals surface area contributed by atoms with Gasteiger partial charge in [-0.25, -0.2) is 4.39 Å². The van der Waals surface area contributed by atoms with Crippen LogP contribution in [0.3, 0.4) is 0 Å². The van der Waals surface area contributed by atoms with E-state index in [-0.39, 0.29) is 11.7 Å². The average Bonchev–Trinajstić information content (AvgIpc) is 2.58. The number of anilines is 2. The van der Waals surface area contributed by atoms with Crippen molar-refractivity contribution in [1.29, 1.82) is 0 Å². The number of carbonyl (C=O) groups excluding carboxylic acids is 1. The zero-order valence-corrected chi connectivity index (χ0v) is 12.0. The molecule has 1 N–H and O–H groups in total. The van der Waals surface area contributed by atoms with Gasteiger partial charge >= 0.3 is 0 Å². The molecule has 0 aliphatic carbocycles. The van der Waals surface area contributed by atoms with Gasteiger partial charge in [0.25, 0.3) is 5.91 Å². The number of benzene rings is 1. The van der Waals surface area contributed by atoms with E-state index in [2.05, 4.69) is 15.2 Å². The van der Waals surface area contributed by atoms with Crippen LogP contribution in [0.4, 0.5) is 15.8 Å². The molecule has 0 unspecified atom stereocenters. The molecule has 1 aromatic carbocycles. The number of nitrogens with zero attached hydrogens (tertiary/aromatic N) is 2. The smallest absolute Gasteiger partial charge is 0.257 e.